The molecule has 2 atom stereocenters. The summed E-state index contributed by atoms with van der Waals surface area (Å²) >= 11 is 1.52. The maximum absolute atomic E-state index is 12.4. The van der Waals surface area contributed by atoms with Crippen molar-refractivity contribution in [3.63, 3.8) is 0 Å². The minimum atomic E-state index is -1.04. The van der Waals surface area contributed by atoms with Crippen LogP contribution in [0.3, 0.4) is 0 Å². The summed E-state index contributed by atoms with van der Waals surface area (Å²) in [7, 11) is 0. The van der Waals surface area contributed by atoms with E-state index in [0.717, 1.165) is 0 Å². The summed E-state index contributed by atoms with van der Waals surface area (Å²) in [5, 5.41) is 11.8. The fourth-order valence-corrected chi connectivity index (χ4v) is 3.60. The molecule has 1 saturated heterocycles. The molecule has 1 aliphatic rings. The molecular formula is C16H28N2O4S. The van der Waals surface area contributed by atoms with Crippen LogP contribution in [-0.4, -0.2) is 51.5 Å². The molecule has 2 amide bonds. The highest BCUT2D eigenvalue weighted by Crippen LogP contribution is 2.26. The van der Waals surface area contributed by atoms with E-state index in [1.165, 1.54) is 11.8 Å². The van der Waals surface area contributed by atoms with Crippen molar-refractivity contribution in [1.82, 2.24) is 10.2 Å². The lowest BCUT2D eigenvalue weighted by Gasteiger charge is -2.28. The van der Waals surface area contributed by atoms with Gasteiger partial charge in [0.15, 0.2) is 0 Å². The number of amides is 2. The van der Waals surface area contributed by atoms with Crippen LogP contribution in [0.15, 0.2) is 0 Å². The second kappa shape index (κ2) is 8.04. The molecule has 1 fully saturated rings. The quantitative estimate of drug-likeness (QED) is 0.769. The van der Waals surface area contributed by atoms with Crippen LogP contribution in [-0.2, 0) is 14.4 Å². The minimum Gasteiger partial charge on any atom is -0.480 e. The van der Waals surface area contributed by atoms with E-state index in [1.54, 1.807) is 4.90 Å². The Labute approximate surface area is 142 Å². The van der Waals surface area contributed by atoms with Gasteiger partial charge >= 0.3 is 5.97 Å². The third-order valence-corrected chi connectivity index (χ3v) is 4.52. The predicted molar refractivity (Wildman–Crippen MR) is 91.1 cm³/mol. The fraction of sp³-hybridized carbons (Fsp3) is 0.812. The molecule has 23 heavy (non-hydrogen) atoms. The summed E-state index contributed by atoms with van der Waals surface area (Å²) in [4.78, 5) is 37.7. The van der Waals surface area contributed by atoms with Crippen molar-refractivity contribution in [2.24, 2.45) is 11.3 Å². The van der Waals surface area contributed by atoms with Gasteiger partial charge in [0.1, 0.15) is 12.1 Å². The largest absolute Gasteiger partial charge is 0.480 e. The number of carbonyl (C=O) groups is 3. The van der Waals surface area contributed by atoms with Crippen LogP contribution < -0.4 is 5.32 Å². The average molecular weight is 344 g/mol. The molecule has 0 radical (unpaired) electrons. The van der Waals surface area contributed by atoms with Crippen molar-refractivity contribution in [2.75, 3.05) is 11.6 Å². The number of hydrogen-bond acceptors (Lipinski definition) is 4. The molecule has 132 valence electrons. The monoisotopic (exact) mass is 344 g/mol. The van der Waals surface area contributed by atoms with Crippen molar-refractivity contribution in [3.05, 3.63) is 0 Å². The normalized spacial score (nSPS) is 19.7. The second-order valence-electron chi connectivity index (χ2n) is 7.65. The smallest absolute Gasteiger partial charge is 0.326 e. The third kappa shape index (κ3) is 6.41. The first kappa shape index (κ1) is 19.8. The van der Waals surface area contributed by atoms with Crippen LogP contribution in [0.1, 0.15) is 47.5 Å². The summed E-state index contributed by atoms with van der Waals surface area (Å²) in [6.45, 7) is 9.75. The van der Waals surface area contributed by atoms with Crippen molar-refractivity contribution in [1.29, 1.82) is 0 Å². The summed E-state index contributed by atoms with van der Waals surface area (Å²) in [6, 6.07) is -1.49. The highest BCUT2D eigenvalue weighted by atomic mass is 32.2. The SMILES string of the molecule is CC(C)C[C@@H](NC(=O)C1CSCN1C(=O)CC(C)(C)C)C(=O)O. The van der Waals surface area contributed by atoms with E-state index in [-0.39, 0.29) is 23.1 Å². The zero-order valence-corrected chi connectivity index (χ0v) is 15.4. The first-order valence-corrected chi connectivity index (χ1v) is 9.07. The van der Waals surface area contributed by atoms with Crippen LogP contribution >= 0.6 is 11.8 Å². The van der Waals surface area contributed by atoms with Gasteiger partial charge in [0.05, 0.1) is 5.88 Å². The molecule has 0 aromatic carbocycles. The number of carboxylic acid groups (broad SMARTS) is 1. The van der Waals surface area contributed by atoms with Gasteiger partial charge in [0.25, 0.3) is 0 Å². The van der Waals surface area contributed by atoms with Gasteiger partial charge in [0.2, 0.25) is 11.8 Å². The van der Waals surface area contributed by atoms with E-state index in [9.17, 15) is 19.5 Å². The van der Waals surface area contributed by atoms with Gasteiger partial charge in [-0.2, -0.15) is 0 Å². The summed E-state index contributed by atoms with van der Waals surface area (Å²) in [5.74, 6) is -0.313. The lowest BCUT2D eigenvalue weighted by molar-refractivity contribution is -0.144. The van der Waals surface area contributed by atoms with Gasteiger partial charge in [-0.05, 0) is 17.8 Å². The van der Waals surface area contributed by atoms with Crippen molar-refractivity contribution in [2.45, 2.75) is 59.5 Å². The Morgan fingerprint density at radius 1 is 1.30 bits per heavy atom. The Morgan fingerprint density at radius 2 is 1.91 bits per heavy atom. The standard InChI is InChI=1S/C16H28N2O4S/c1-10(2)6-11(15(21)22)17-14(20)12-8-23-9-18(12)13(19)7-16(3,4)5/h10-12H,6-9H2,1-5H3,(H,17,20)(H,21,22)/t11-,12?/m1/s1. The van der Waals surface area contributed by atoms with Crippen molar-refractivity contribution < 1.29 is 19.5 Å². The molecular weight excluding hydrogens is 316 g/mol. The molecule has 1 rings (SSSR count). The highest BCUT2D eigenvalue weighted by molar-refractivity contribution is 7.99. The molecule has 1 unspecified atom stereocenters. The Balaban J connectivity index is 2.73. The van der Waals surface area contributed by atoms with E-state index >= 15 is 0 Å². The number of carbonyl (C=O) groups excluding carboxylic acids is 2. The molecule has 0 spiro atoms. The molecule has 0 aromatic heterocycles. The van der Waals surface area contributed by atoms with E-state index in [2.05, 4.69) is 5.32 Å². The number of thioether (sulfide) groups is 1. The maximum atomic E-state index is 12.4. The van der Waals surface area contributed by atoms with Gasteiger partial charge in [-0.25, -0.2) is 4.79 Å². The van der Waals surface area contributed by atoms with Crippen molar-refractivity contribution >= 4 is 29.5 Å². The summed E-state index contributed by atoms with van der Waals surface area (Å²) < 4.78 is 0. The second-order valence-corrected chi connectivity index (χ2v) is 8.65. The van der Waals surface area contributed by atoms with Crippen LogP contribution in [0, 0.1) is 11.3 Å². The molecule has 0 aromatic rings. The first-order valence-electron chi connectivity index (χ1n) is 7.91. The minimum absolute atomic E-state index is 0.0571. The lowest BCUT2D eigenvalue weighted by Crippen LogP contribution is -2.52. The molecule has 2 N–H and O–H groups in total. The Morgan fingerprint density at radius 3 is 2.39 bits per heavy atom. The fourth-order valence-electron chi connectivity index (χ4n) is 2.42. The molecule has 7 heteroatoms. The first-order chi connectivity index (χ1) is 10.5. The number of hydrogen-bond donors (Lipinski definition) is 2. The Hall–Kier alpha value is -1.24. The Bertz CT molecular complexity index is 459. The molecule has 0 bridgehead atoms. The van der Waals surface area contributed by atoms with E-state index < -0.39 is 18.1 Å². The number of nitrogens with one attached hydrogen (secondary N) is 1. The van der Waals surface area contributed by atoms with E-state index in [1.807, 2.05) is 34.6 Å². The van der Waals surface area contributed by atoms with Gasteiger partial charge in [-0.15, -0.1) is 11.8 Å². The van der Waals surface area contributed by atoms with Gasteiger partial charge in [-0.1, -0.05) is 34.6 Å². The van der Waals surface area contributed by atoms with E-state index in [0.29, 0.717) is 24.5 Å². The van der Waals surface area contributed by atoms with Gasteiger partial charge in [-0.3, -0.25) is 9.59 Å². The van der Waals surface area contributed by atoms with Crippen LogP contribution in [0.5, 0.6) is 0 Å². The van der Waals surface area contributed by atoms with Crippen molar-refractivity contribution in [3.8, 4) is 0 Å². The molecule has 0 saturated carbocycles. The molecule has 1 aliphatic heterocycles. The van der Waals surface area contributed by atoms with Crippen LogP contribution in [0.2, 0.25) is 0 Å². The van der Waals surface area contributed by atoms with Gasteiger partial charge in [0, 0.05) is 12.2 Å². The van der Waals surface area contributed by atoms with Gasteiger partial charge < -0.3 is 15.3 Å². The zero-order chi connectivity index (χ0) is 17.8. The lowest BCUT2D eigenvalue weighted by atomic mass is 9.91. The van der Waals surface area contributed by atoms with Crippen LogP contribution in [0.25, 0.3) is 0 Å². The average Bonchev–Trinajstić information content (AvgIpc) is 2.84. The summed E-state index contributed by atoms with van der Waals surface area (Å²) in [6.07, 6.45) is 0.739. The topological polar surface area (TPSA) is 86.7 Å². The number of rotatable bonds is 6. The number of carboxylic acids is 1. The molecule has 0 aliphatic carbocycles. The third-order valence-electron chi connectivity index (χ3n) is 3.51. The number of aliphatic carboxylic acids is 1. The zero-order valence-electron chi connectivity index (χ0n) is 14.6. The predicted octanol–water partition coefficient (Wildman–Crippen LogP) is 1.94. The number of nitrogens with zero attached hydrogens (tertiary/aromatic N) is 1. The van der Waals surface area contributed by atoms with Crippen LogP contribution in [0.4, 0.5) is 0 Å². The van der Waals surface area contributed by atoms with E-state index in [4.69, 9.17) is 0 Å². The Kier molecular flexibility index (Phi) is 6.92. The highest BCUT2D eigenvalue weighted by Gasteiger charge is 2.37. The summed E-state index contributed by atoms with van der Waals surface area (Å²) in [5.41, 5.74) is -0.146. The molecule has 1 heterocycles. The molecule has 6 nitrogen and oxygen atoms in total. The maximum Gasteiger partial charge on any atom is 0.326 e.